The number of carbonyl (C=O) groups is 1. The number of aryl methyl sites for hydroxylation is 2. The van der Waals surface area contributed by atoms with Gasteiger partial charge in [-0.15, -0.1) is 6.42 Å². The van der Waals surface area contributed by atoms with Crippen LogP contribution in [0.1, 0.15) is 16.7 Å². The molecule has 1 aliphatic rings. The lowest BCUT2D eigenvalue weighted by molar-refractivity contribution is -0.113. The van der Waals surface area contributed by atoms with E-state index in [0.29, 0.717) is 47.5 Å². The summed E-state index contributed by atoms with van der Waals surface area (Å²) in [6, 6.07) is 14.6. The molecule has 0 atom stereocenters. The minimum atomic E-state index is -0.232. The van der Waals surface area contributed by atoms with E-state index in [2.05, 4.69) is 21.9 Å². The second kappa shape index (κ2) is 11.7. The molecule has 1 aliphatic heterocycles. The van der Waals surface area contributed by atoms with Crippen molar-refractivity contribution in [1.82, 2.24) is 0 Å². The van der Waals surface area contributed by atoms with Gasteiger partial charge in [0.05, 0.1) is 27.9 Å². The number of amides is 1. The number of nitrogens with zero attached hydrogens (tertiary/aromatic N) is 2. The summed E-state index contributed by atoms with van der Waals surface area (Å²) < 4.78 is 11.7. The number of rotatable bonds is 6. The Bertz CT molecular complexity index is 1500. The normalized spacial score (nSPS) is 15.4. The summed E-state index contributed by atoms with van der Waals surface area (Å²) in [6.45, 7) is 3.92. The molecule has 1 amide bonds. The van der Waals surface area contributed by atoms with Crippen LogP contribution in [-0.4, -0.2) is 24.8 Å². The van der Waals surface area contributed by atoms with Gasteiger partial charge in [-0.05, 0) is 101 Å². The maximum absolute atomic E-state index is 13.7. The second-order valence-corrected chi connectivity index (χ2v) is 10.7. The Morgan fingerprint density at radius 2 is 1.81 bits per heavy atom. The van der Waals surface area contributed by atoms with E-state index in [4.69, 9.17) is 44.1 Å². The molecule has 0 aromatic heterocycles. The molecular weight excluding hydrogens is 595 g/mol. The standard InChI is InChI=1S/C28H21BrCl2N2O3S/c1-5-10-36-26-21(29)11-18(12-24(26)35-4)13-25-27(34)33(20-9-7-17(3)23(31)15-20)28(37-25)32-19-8-6-16(2)22(30)14-19/h1,6-9,11-15H,10H2,2-4H3/b25-13+,32-28?. The summed E-state index contributed by atoms with van der Waals surface area (Å²) in [6.07, 6.45) is 7.10. The van der Waals surface area contributed by atoms with Crippen LogP contribution < -0.4 is 14.4 Å². The summed E-state index contributed by atoms with van der Waals surface area (Å²) >= 11 is 17.5. The fraction of sp³-hybridized carbons (Fsp3) is 0.143. The van der Waals surface area contributed by atoms with Gasteiger partial charge < -0.3 is 9.47 Å². The van der Waals surface area contributed by atoms with E-state index in [9.17, 15) is 4.79 Å². The Hall–Kier alpha value is -2.89. The largest absolute Gasteiger partial charge is 0.493 e. The molecule has 1 heterocycles. The first-order valence-corrected chi connectivity index (χ1v) is 13.4. The Morgan fingerprint density at radius 1 is 1.11 bits per heavy atom. The topological polar surface area (TPSA) is 51.1 Å². The molecule has 0 N–H and O–H groups in total. The molecule has 3 aromatic carbocycles. The van der Waals surface area contributed by atoms with Gasteiger partial charge in [-0.2, -0.15) is 0 Å². The predicted octanol–water partition coefficient (Wildman–Crippen LogP) is 8.20. The summed E-state index contributed by atoms with van der Waals surface area (Å²) in [5, 5.41) is 1.64. The summed E-state index contributed by atoms with van der Waals surface area (Å²) in [5.41, 5.74) is 3.83. The fourth-order valence-electron chi connectivity index (χ4n) is 3.49. The average Bonchev–Trinajstić information content (AvgIpc) is 3.16. The first-order valence-electron chi connectivity index (χ1n) is 11.0. The molecule has 0 spiro atoms. The number of halogens is 3. The quantitative estimate of drug-likeness (QED) is 0.207. The van der Waals surface area contributed by atoms with Crippen LogP contribution in [0.4, 0.5) is 11.4 Å². The van der Waals surface area contributed by atoms with Crippen molar-refractivity contribution in [2.24, 2.45) is 4.99 Å². The zero-order valence-electron chi connectivity index (χ0n) is 20.1. The molecular formula is C28H21BrCl2N2O3S. The van der Waals surface area contributed by atoms with Crippen LogP contribution in [0.3, 0.4) is 0 Å². The first-order chi connectivity index (χ1) is 17.7. The monoisotopic (exact) mass is 614 g/mol. The van der Waals surface area contributed by atoms with E-state index < -0.39 is 0 Å². The fourth-order valence-corrected chi connectivity index (χ4v) is 5.41. The Morgan fingerprint density at radius 3 is 2.46 bits per heavy atom. The Labute approximate surface area is 238 Å². The minimum absolute atomic E-state index is 0.0979. The van der Waals surface area contributed by atoms with Crippen LogP contribution in [0, 0.1) is 26.2 Å². The number of ether oxygens (including phenoxy) is 2. The number of anilines is 1. The number of amidine groups is 1. The molecule has 1 fully saturated rings. The Balaban J connectivity index is 1.79. The first kappa shape index (κ1) is 27.2. The highest BCUT2D eigenvalue weighted by Gasteiger charge is 2.35. The molecule has 4 rings (SSSR count). The summed E-state index contributed by atoms with van der Waals surface area (Å²) in [5.74, 6) is 3.18. The molecule has 0 radical (unpaired) electrons. The van der Waals surface area contributed by atoms with Gasteiger partial charge in [-0.3, -0.25) is 9.69 Å². The van der Waals surface area contributed by atoms with E-state index in [0.717, 1.165) is 16.7 Å². The zero-order chi connectivity index (χ0) is 26.7. The van der Waals surface area contributed by atoms with E-state index >= 15 is 0 Å². The number of aliphatic imine (C=N–C) groups is 1. The highest BCUT2D eigenvalue weighted by molar-refractivity contribution is 9.10. The van der Waals surface area contributed by atoms with Gasteiger partial charge in [0.15, 0.2) is 16.7 Å². The lowest BCUT2D eigenvalue weighted by atomic mass is 10.1. The molecule has 0 aliphatic carbocycles. The van der Waals surface area contributed by atoms with Gasteiger partial charge in [0.1, 0.15) is 6.61 Å². The minimum Gasteiger partial charge on any atom is -0.493 e. The highest BCUT2D eigenvalue weighted by Crippen LogP contribution is 2.41. The van der Waals surface area contributed by atoms with Gasteiger partial charge in [0.2, 0.25) is 0 Å². The van der Waals surface area contributed by atoms with Crippen molar-refractivity contribution in [3.8, 4) is 23.8 Å². The number of carbonyl (C=O) groups excluding carboxylic acids is 1. The van der Waals surface area contributed by atoms with Crippen LogP contribution in [0.5, 0.6) is 11.5 Å². The van der Waals surface area contributed by atoms with Crippen molar-refractivity contribution in [3.63, 3.8) is 0 Å². The van der Waals surface area contributed by atoms with Crippen molar-refractivity contribution in [2.45, 2.75) is 13.8 Å². The number of hydrogen-bond acceptors (Lipinski definition) is 5. The molecule has 188 valence electrons. The lowest BCUT2D eigenvalue weighted by Gasteiger charge is -2.16. The van der Waals surface area contributed by atoms with Crippen LogP contribution in [0.2, 0.25) is 10.0 Å². The molecule has 1 saturated heterocycles. The number of hydrogen-bond donors (Lipinski definition) is 0. The van der Waals surface area contributed by atoms with Gasteiger partial charge in [-0.25, -0.2) is 4.99 Å². The van der Waals surface area contributed by atoms with Crippen LogP contribution in [0.15, 0.2) is 62.9 Å². The van der Waals surface area contributed by atoms with Crippen molar-refractivity contribution in [2.75, 3.05) is 18.6 Å². The van der Waals surface area contributed by atoms with Crippen molar-refractivity contribution < 1.29 is 14.3 Å². The van der Waals surface area contributed by atoms with Crippen molar-refractivity contribution >= 4 is 79.4 Å². The van der Waals surface area contributed by atoms with Crippen LogP contribution in [-0.2, 0) is 4.79 Å². The van der Waals surface area contributed by atoms with Crippen molar-refractivity contribution in [1.29, 1.82) is 0 Å². The second-order valence-electron chi connectivity index (χ2n) is 8.04. The molecule has 37 heavy (non-hydrogen) atoms. The van der Waals surface area contributed by atoms with E-state index in [1.54, 1.807) is 29.2 Å². The summed E-state index contributed by atoms with van der Waals surface area (Å²) in [4.78, 5) is 20.4. The zero-order valence-corrected chi connectivity index (χ0v) is 24.1. The molecule has 0 unspecified atom stereocenters. The molecule has 5 nitrogen and oxygen atoms in total. The van der Waals surface area contributed by atoms with E-state index in [1.165, 1.54) is 18.9 Å². The number of terminal acetylenes is 1. The number of thioether (sulfide) groups is 1. The number of methoxy groups -OCH3 is 1. The molecule has 0 bridgehead atoms. The van der Waals surface area contributed by atoms with E-state index in [-0.39, 0.29) is 12.5 Å². The molecule has 3 aromatic rings. The average molecular weight is 616 g/mol. The van der Waals surface area contributed by atoms with Crippen LogP contribution in [0.25, 0.3) is 6.08 Å². The van der Waals surface area contributed by atoms with Crippen molar-refractivity contribution in [3.05, 3.63) is 84.6 Å². The Kier molecular flexibility index (Phi) is 8.56. The maximum Gasteiger partial charge on any atom is 0.271 e. The predicted molar refractivity (Wildman–Crippen MR) is 158 cm³/mol. The lowest BCUT2D eigenvalue weighted by Crippen LogP contribution is -2.28. The van der Waals surface area contributed by atoms with Gasteiger partial charge in [0.25, 0.3) is 5.91 Å². The third-order valence-corrected chi connectivity index (χ3v) is 7.82. The molecule has 0 saturated carbocycles. The SMILES string of the molecule is C#CCOc1c(Br)cc(/C=C2/SC(=Nc3ccc(C)c(Cl)c3)N(c3ccc(C)c(Cl)c3)C2=O)cc1OC. The van der Waals surface area contributed by atoms with Gasteiger partial charge in [-0.1, -0.05) is 41.3 Å². The van der Waals surface area contributed by atoms with Crippen LogP contribution >= 0.6 is 50.9 Å². The van der Waals surface area contributed by atoms with E-state index in [1.807, 2.05) is 44.2 Å². The maximum atomic E-state index is 13.7. The molecule has 9 heteroatoms. The smallest absolute Gasteiger partial charge is 0.271 e. The third-order valence-electron chi connectivity index (χ3n) is 5.45. The number of benzene rings is 3. The highest BCUT2D eigenvalue weighted by atomic mass is 79.9. The van der Waals surface area contributed by atoms with Gasteiger partial charge in [0, 0.05) is 10.0 Å². The third kappa shape index (κ3) is 6.00. The summed E-state index contributed by atoms with van der Waals surface area (Å²) in [7, 11) is 1.54. The van der Waals surface area contributed by atoms with Gasteiger partial charge >= 0.3 is 0 Å².